The fourth-order valence-electron chi connectivity index (χ4n) is 2.80. The standard InChI is InChI=1S/C16H14F2IN5O4S2/c1-16(3-4-16)23-30(26,27)7-5-8(15(25)28-2)9-11(19)20-12(24(9)6-7)14-22-21-13(29-14)10(17)18/h5-6,10,23H,3-4H2,1-2H3. The van der Waals surface area contributed by atoms with Crippen LogP contribution in [0.2, 0.25) is 0 Å². The Kier molecular flexibility index (Phi) is 5.31. The van der Waals surface area contributed by atoms with E-state index in [0.29, 0.717) is 27.9 Å². The lowest BCUT2D eigenvalue weighted by Gasteiger charge is -2.14. The summed E-state index contributed by atoms with van der Waals surface area (Å²) in [5.41, 5.74) is -0.275. The van der Waals surface area contributed by atoms with E-state index in [1.54, 1.807) is 6.92 Å². The Morgan fingerprint density at radius 3 is 2.67 bits per heavy atom. The number of ether oxygens (including phenoxy) is 1. The zero-order valence-electron chi connectivity index (χ0n) is 15.5. The highest BCUT2D eigenvalue weighted by molar-refractivity contribution is 14.1. The maximum atomic E-state index is 12.9. The summed E-state index contributed by atoms with van der Waals surface area (Å²) in [6.45, 7) is 1.78. The number of esters is 1. The van der Waals surface area contributed by atoms with Gasteiger partial charge in [-0.25, -0.2) is 31.7 Å². The molecule has 0 spiro atoms. The van der Waals surface area contributed by atoms with Crippen molar-refractivity contribution in [3.63, 3.8) is 0 Å². The monoisotopic (exact) mass is 569 g/mol. The number of hydrogen-bond donors (Lipinski definition) is 1. The van der Waals surface area contributed by atoms with E-state index in [1.807, 2.05) is 22.6 Å². The molecule has 0 aliphatic heterocycles. The number of fused-ring (bicyclic) bond motifs is 1. The van der Waals surface area contributed by atoms with Gasteiger partial charge >= 0.3 is 5.97 Å². The summed E-state index contributed by atoms with van der Waals surface area (Å²) in [4.78, 5) is 16.5. The smallest absolute Gasteiger partial charge is 0.340 e. The molecule has 30 heavy (non-hydrogen) atoms. The Balaban J connectivity index is 1.95. The third kappa shape index (κ3) is 3.80. The molecule has 0 bridgehead atoms. The summed E-state index contributed by atoms with van der Waals surface area (Å²) in [6.07, 6.45) is -0.114. The average Bonchev–Trinajstić information content (AvgIpc) is 3.08. The van der Waals surface area contributed by atoms with Crippen LogP contribution in [-0.2, 0) is 14.8 Å². The molecule has 4 rings (SSSR count). The summed E-state index contributed by atoms with van der Waals surface area (Å²) in [7, 11) is -2.80. The van der Waals surface area contributed by atoms with Crippen LogP contribution in [0.25, 0.3) is 16.3 Å². The van der Waals surface area contributed by atoms with Gasteiger partial charge in [0, 0.05) is 11.7 Å². The van der Waals surface area contributed by atoms with Crippen LogP contribution in [0.4, 0.5) is 8.78 Å². The number of nitrogens with zero attached hydrogens (tertiary/aromatic N) is 4. The molecule has 0 saturated heterocycles. The van der Waals surface area contributed by atoms with Crippen molar-refractivity contribution in [3.05, 3.63) is 26.5 Å². The van der Waals surface area contributed by atoms with Crippen molar-refractivity contribution >= 4 is 55.4 Å². The van der Waals surface area contributed by atoms with Gasteiger partial charge < -0.3 is 4.74 Å². The Morgan fingerprint density at radius 1 is 1.40 bits per heavy atom. The minimum atomic E-state index is -3.97. The van der Waals surface area contributed by atoms with Gasteiger partial charge in [0.05, 0.1) is 23.1 Å². The second-order valence-corrected chi connectivity index (χ2v) is 10.7. The topological polar surface area (TPSA) is 116 Å². The van der Waals surface area contributed by atoms with Gasteiger partial charge in [-0.1, -0.05) is 11.3 Å². The second kappa shape index (κ2) is 7.42. The fraction of sp³-hybridized carbons (Fsp3) is 0.375. The van der Waals surface area contributed by atoms with E-state index < -0.39 is 33.0 Å². The van der Waals surface area contributed by atoms with E-state index >= 15 is 0 Å². The Bertz CT molecular complexity index is 1270. The van der Waals surface area contributed by atoms with Crippen LogP contribution in [0.3, 0.4) is 0 Å². The maximum absolute atomic E-state index is 12.9. The van der Waals surface area contributed by atoms with Crippen molar-refractivity contribution in [3.8, 4) is 10.8 Å². The molecular formula is C16H14F2IN5O4S2. The molecule has 0 atom stereocenters. The molecule has 9 nitrogen and oxygen atoms in total. The normalized spacial score (nSPS) is 15.7. The van der Waals surface area contributed by atoms with Gasteiger partial charge in [-0.15, -0.1) is 10.2 Å². The minimum Gasteiger partial charge on any atom is -0.465 e. The van der Waals surface area contributed by atoms with Crippen LogP contribution < -0.4 is 4.72 Å². The quantitative estimate of drug-likeness (QED) is 0.359. The molecule has 0 aromatic carbocycles. The molecule has 3 aromatic rings. The number of carbonyl (C=O) groups excluding carboxylic acids is 1. The lowest BCUT2D eigenvalue weighted by Crippen LogP contribution is -2.34. The van der Waals surface area contributed by atoms with Crippen molar-refractivity contribution in [2.24, 2.45) is 0 Å². The molecule has 0 radical (unpaired) electrons. The third-order valence-electron chi connectivity index (χ3n) is 4.58. The number of methoxy groups -OCH3 is 1. The van der Waals surface area contributed by atoms with Crippen molar-refractivity contribution < 1.29 is 26.7 Å². The molecule has 1 fully saturated rings. The minimum absolute atomic E-state index is 0.0249. The van der Waals surface area contributed by atoms with E-state index in [1.165, 1.54) is 23.8 Å². The predicted molar refractivity (Wildman–Crippen MR) is 111 cm³/mol. The number of imidazole rings is 1. The van der Waals surface area contributed by atoms with Crippen molar-refractivity contribution in [1.82, 2.24) is 24.3 Å². The number of rotatable bonds is 6. The van der Waals surface area contributed by atoms with Crippen LogP contribution in [0.5, 0.6) is 0 Å². The summed E-state index contributed by atoms with van der Waals surface area (Å²) >= 11 is 2.50. The molecular weight excluding hydrogens is 555 g/mol. The predicted octanol–water partition coefficient (Wildman–Crippen LogP) is 3.01. The van der Waals surface area contributed by atoms with Crippen LogP contribution in [0, 0.1) is 3.70 Å². The number of pyridine rings is 1. The molecule has 3 heterocycles. The number of halogens is 3. The average molecular weight is 569 g/mol. The summed E-state index contributed by atoms with van der Waals surface area (Å²) < 4.78 is 60.8. The molecule has 1 N–H and O–H groups in total. The Labute approximate surface area is 187 Å². The van der Waals surface area contributed by atoms with Gasteiger partial charge in [-0.05, 0) is 48.4 Å². The van der Waals surface area contributed by atoms with Crippen molar-refractivity contribution in [2.75, 3.05) is 7.11 Å². The third-order valence-corrected chi connectivity index (χ3v) is 7.87. The molecule has 1 aliphatic carbocycles. The molecule has 160 valence electrons. The lowest BCUT2D eigenvalue weighted by atomic mass is 10.2. The maximum Gasteiger partial charge on any atom is 0.340 e. The van der Waals surface area contributed by atoms with E-state index in [-0.39, 0.29) is 26.8 Å². The van der Waals surface area contributed by atoms with Gasteiger partial charge in [0.15, 0.2) is 15.8 Å². The van der Waals surface area contributed by atoms with Crippen LogP contribution >= 0.6 is 33.9 Å². The van der Waals surface area contributed by atoms with Gasteiger partial charge in [-0.2, -0.15) is 0 Å². The van der Waals surface area contributed by atoms with Gasteiger partial charge in [0.2, 0.25) is 10.0 Å². The molecule has 3 aromatic heterocycles. The Hall–Kier alpha value is -1.78. The fourth-order valence-corrected chi connectivity index (χ4v) is 5.75. The first kappa shape index (κ1) is 21.5. The number of nitrogens with one attached hydrogen (secondary N) is 1. The van der Waals surface area contributed by atoms with Crippen LogP contribution in [0.15, 0.2) is 17.2 Å². The van der Waals surface area contributed by atoms with Crippen molar-refractivity contribution in [1.29, 1.82) is 0 Å². The second-order valence-electron chi connectivity index (χ2n) is 6.94. The van der Waals surface area contributed by atoms with E-state index in [9.17, 15) is 22.0 Å². The summed E-state index contributed by atoms with van der Waals surface area (Å²) in [5.74, 6) is -0.664. The zero-order chi connectivity index (χ0) is 21.8. The van der Waals surface area contributed by atoms with Gasteiger partial charge in [0.1, 0.15) is 3.70 Å². The van der Waals surface area contributed by atoms with Gasteiger partial charge in [-0.3, -0.25) is 4.40 Å². The zero-order valence-corrected chi connectivity index (χ0v) is 19.3. The van der Waals surface area contributed by atoms with E-state index in [0.717, 1.165) is 0 Å². The number of sulfonamides is 1. The molecule has 14 heteroatoms. The van der Waals surface area contributed by atoms with Crippen molar-refractivity contribution in [2.45, 2.75) is 36.6 Å². The van der Waals surface area contributed by atoms with E-state index in [4.69, 9.17) is 4.74 Å². The SMILES string of the molecule is COC(=O)c1cc(S(=O)(=O)NC2(C)CC2)cn2c(-c3nnc(C(F)F)s3)nc(I)c12. The first-order valence-electron chi connectivity index (χ1n) is 8.50. The van der Waals surface area contributed by atoms with E-state index in [2.05, 4.69) is 19.9 Å². The Morgan fingerprint density at radius 2 is 2.10 bits per heavy atom. The highest BCUT2D eigenvalue weighted by Crippen LogP contribution is 2.37. The van der Waals surface area contributed by atoms with Crippen LogP contribution in [-0.4, -0.2) is 46.6 Å². The van der Waals surface area contributed by atoms with Gasteiger partial charge in [0.25, 0.3) is 6.43 Å². The lowest BCUT2D eigenvalue weighted by molar-refractivity contribution is 0.0602. The highest BCUT2D eigenvalue weighted by Gasteiger charge is 2.41. The number of alkyl halides is 2. The molecule has 1 saturated carbocycles. The molecule has 1 aliphatic rings. The number of carbonyl (C=O) groups is 1. The van der Waals surface area contributed by atoms with Crippen LogP contribution in [0.1, 0.15) is 41.6 Å². The number of hydrogen-bond acceptors (Lipinski definition) is 8. The molecule has 0 unspecified atom stereocenters. The summed E-state index contributed by atoms with van der Waals surface area (Å²) in [6, 6.07) is 1.22. The number of aromatic nitrogens is 4. The first-order valence-corrected chi connectivity index (χ1v) is 11.9. The molecule has 0 amide bonds. The highest BCUT2D eigenvalue weighted by atomic mass is 127. The summed E-state index contributed by atoms with van der Waals surface area (Å²) in [5, 5.41) is 6.77. The largest absolute Gasteiger partial charge is 0.465 e. The first-order chi connectivity index (χ1) is 14.0.